The first-order valence-electron chi connectivity index (χ1n) is 8.45. The van der Waals surface area contributed by atoms with Crippen LogP contribution in [0.3, 0.4) is 0 Å². The standard InChI is InChI=1S/C18H28N2O/c1-3-11-19-18(15-7-5-4-6-8-15)14(2)20-12-16-9-10-17(13-20)21-16/h4-8,14,16-19H,3,9-13H2,1-2H3. The number of hydrogen-bond acceptors (Lipinski definition) is 3. The number of likely N-dealkylation sites (tertiary alicyclic amines) is 1. The highest BCUT2D eigenvalue weighted by atomic mass is 16.5. The van der Waals surface area contributed by atoms with Gasteiger partial charge in [-0.25, -0.2) is 0 Å². The van der Waals surface area contributed by atoms with Gasteiger partial charge in [-0.05, 0) is 38.3 Å². The van der Waals surface area contributed by atoms with Gasteiger partial charge in [0, 0.05) is 25.2 Å². The molecule has 4 unspecified atom stereocenters. The molecule has 1 aromatic rings. The van der Waals surface area contributed by atoms with Crippen molar-refractivity contribution in [2.75, 3.05) is 19.6 Å². The Hall–Kier alpha value is -0.900. The number of ether oxygens (including phenoxy) is 1. The second kappa shape index (κ2) is 6.91. The molecule has 1 N–H and O–H groups in total. The fourth-order valence-electron chi connectivity index (χ4n) is 3.72. The van der Waals surface area contributed by atoms with E-state index >= 15 is 0 Å². The number of nitrogens with one attached hydrogen (secondary N) is 1. The van der Waals surface area contributed by atoms with E-state index in [4.69, 9.17) is 4.74 Å². The van der Waals surface area contributed by atoms with Crippen molar-refractivity contribution < 1.29 is 4.74 Å². The lowest BCUT2D eigenvalue weighted by molar-refractivity contribution is -0.0551. The average molecular weight is 288 g/mol. The molecule has 2 fully saturated rings. The Labute approximate surface area is 128 Å². The molecule has 0 radical (unpaired) electrons. The van der Waals surface area contributed by atoms with Crippen LogP contribution in [0.2, 0.25) is 0 Å². The lowest BCUT2D eigenvalue weighted by Gasteiger charge is -2.40. The number of hydrogen-bond donors (Lipinski definition) is 1. The Morgan fingerprint density at radius 1 is 1.19 bits per heavy atom. The van der Waals surface area contributed by atoms with E-state index in [-0.39, 0.29) is 0 Å². The van der Waals surface area contributed by atoms with Gasteiger partial charge in [0.2, 0.25) is 0 Å². The van der Waals surface area contributed by atoms with Crippen molar-refractivity contribution in [3.63, 3.8) is 0 Å². The molecule has 2 heterocycles. The normalized spacial score (nSPS) is 28.5. The molecule has 21 heavy (non-hydrogen) atoms. The molecule has 3 heteroatoms. The highest BCUT2D eigenvalue weighted by Gasteiger charge is 2.37. The maximum absolute atomic E-state index is 5.98. The number of fused-ring (bicyclic) bond motifs is 2. The maximum atomic E-state index is 5.98. The van der Waals surface area contributed by atoms with Crippen LogP contribution in [0.15, 0.2) is 30.3 Å². The van der Waals surface area contributed by atoms with Gasteiger partial charge in [-0.3, -0.25) is 4.90 Å². The molecule has 3 nitrogen and oxygen atoms in total. The van der Waals surface area contributed by atoms with Crippen LogP contribution in [0.1, 0.15) is 44.7 Å². The number of rotatable bonds is 6. The summed E-state index contributed by atoms with van der Waals surface area (Å²) in [7, 11) is 0. The second-order valence-electron chi connectivity index (χ2n) is 6.49. The molecular weight excluding hydrogens is 260 g/mol. The van der Waals surface area contributed by atoms with Crippen LogP contribution in [0.5, 0.6) is 0 Å². The van der Waals surface area contributed by atoms with E-state index in [1.807, 2.05) is 0 Å². The minimum Gasteiger partial charge on any atom is -0.372 e. The first kappa shape index (κ1) is 15.0. The van der Waals surface area contributed by atoms with Crippen LogP contribution < -0.4 is 5.32 Å². The monoisotopic (exact) mass is 288 g/mol. The summed E-state index contributed by atoms with van der Waals surface area (Å²) in [5.74, 6) is 0. The third-order valence-electron chi connectivity index (χ3n) is 4.90. The molecule has 1 aromatic carbocycles. The maximum Gasteiger partial charge on any atom is 0.0707 e. The van der Waals surface area contributed by atoms with Gasteiger partial charge < -0.3 is 10.1 Å². The molecule has 3 rings (SSSR count). The van der Waals surface area contributed by atoms with Gasteiger partial charge >= 0.3 is 0 Å². The molecule has 0 aliphatic carbocycles. The van der Waals surface area contributed by atoms with Crippen molar-refractivity contribution in [2.45, 2.75) is 57.4 Å². The first-order chi connectivity index (χ1) is 10.3. The van der Waals surface area contributed by atoms with E-state index in [9.17, 15) is 0 Å². The summed E-state index contributed by atoms with van der Waals surface area (Å²) in [6, 6.07) is 11.8. The number of nitrogens with zero attached hydrogens (tertiary/aromatic N) is 1. The van der Waals surface area contributed by atoms with Crippen LogP contribution in [-0.2, 0) is 4.74 Å². The number of morpholine rings is 1. The second-order valence-corrected chi connectivity index (χ2v) is 6.49. The van der Waals surface area contributed by atoms with Gasteiger partial charge in [0.25, 0.3) is 0 Å². The van der Waals surface area contributed by atoms with Crippen molar-refractivity contribution in [2.24, 2.45) is 0 Å². The Kier molecular flexibility index (Phi) is 4.94. The van der Waals surface area contributed by atoms with Gasteiger partial charge in [0.1, 0.15) is 0 Å². The summed E-state index contributed by atoms with van der Waals surface area (Å²) >= 11 is 0. The quantitative estimate of drug-likeness (QED) is 0.871. The van der Waals surface area contributed by atoms with E-state index in [1.165, 1.54) is 24.8 Å². The van der Waals surface area contributed by atoms with E-state index in [2.05, 4.69) is 54.4 Å². The van der Waals surface area contributed by atoms with Crippen molar-refractivity contribution >= 4 is 0 Å². The van der Waals surface area contributed by atoms with Gasteiger partial charge in [0.15, 0.2) is 0 Å². The average Bonchev–Trinajstić information content (AvgIpc) is 2.87. The fourth-order valence-corrected chi connectivity index (χ4v) is 3.72. The Bertz CT molecular complexity index is 424. The van der Waals surface area contributed by atoms with E-state index in [0.717, 1.165) is 19.6 Å². The van der Waals surface area contributed by atoms with Gasteiger partial charge in [0.05, 0.1) is 12.2 Å². The predicted molar refractivity (Wildman–Crippen MR) is 86.4 cm³/mol. The summed E-state index contributed by atoms with van der Waals surface area (Å²) in [5, 5.41) is 3.75. The number of benzene rings is 1. The van der Waals surface area contributed by atoms with Crippen molar-refractivity contribution in [1.29, 1.82) is 0 Å². The molecular formula is C18H28N2O. The van der Waals surface area contributed by atoms with Crippen molar-refractivity contribution in [1.82, 2.24) is 10.2 Å². The lowest BCUT2D eigenvalue weighted by atomic mass is 9.98. The Morgan fingerprint density at radius 3 is 2.48 bits per heavy atom. The molecule has 0 spiro atoms. The van der Waals surface area contributed by atoms with E-state index in [0.29, 0.717) is 24.3 Å². The minimum absolute atomic E-state index is 0.406. The molecule has 0 amide bonds. The summed E-state index contributed by atoms with van der Waals surface area (Å²) in [6.45, 7) is 7.85. The largest absolute Gasteiger partial charge is 0.372 e. The predicted octanol–water partition coefficient (Wildman–Crippen LogP) is 2.98. The molecule has 0 aromatic heterocycles. The van der Waals surface area contributed by atoms with Crippen LogP contribution in [0, 0.1) is 0 Å². The zero-order chi connectivity index (χ0) is 14.7. The third kappa shape index (κ3) is 3.47. The Morgan fingerprint density at radius 2 is 1.86 bits per heavy atom. The molecule has 2 aliphatic rings. The van der Waals surface area contributed by atoms with Gasteiger partial charge in [-0.15, -0.1) is 0 Å². The summed E-state index contributed by atoms with van der Waals surface area (Å²) in [6.07, 6.45) is 4.59. The molecule has 116 valence electrons. The minimum atomic E-state index is 0.406. The third-order valence-corrected chi connectivity index (χ3v) is 4.90. The van der Waals surface area contributed by atoms with Crippen LogP contribution >= 0.6 is 0 Å². The zero-order valence-corrected chi connectivity index (χ0v) is 13.3. The topological polar surface area (TPSA) is 24.5 Å². The first-order valence-corrected chi connectivity index (χ1v) is 8.45. The van der Waals surface area contributed by atoms with E-state index in [1.54, 1.807) is 0 Å². The van der Waals surface area contributed by atoms with Gasteiger partial charge in [-0.1, -0.05) is 37.3 Å². The van der Waals surface area contributed by atoms with E-state index < -0.39 is 0 Å². The highest BCUT2D eigenvalue weighted by Crippen LogP contribution is 2.30. The molecule has 2 saturated heterocycles. The molecule has 2 bridgehead atoms. The van der Waals surface area contributed by atoms with Crippen molar-refractivity contribution in [3.05, 3.63) is 35.9 Å². The summed E-state index contributed by atoms with van der Waals surface area (Å²) in [4.78, 5) is 2.63. The van der Waals surface area contributed by atoms with Crippen LogP contribution in [0.4, 0.5) is 0 Å². The fraction of sp³-hybridized carbons (Fsp3) is 0.667. The lowest BCUT2D eigenvalue weighted by Crippen LogP contribution is -2.51. The molecule has 0 saturated carbocycles. The summed E-state index contributed by atoms with van der Waals surface area (Å²) in [5.41, 5.74) is 1.40. The molecule has 4 atom stereocenters. The SMILES string of the molecule is CCCNC(c1ccccc1)C(C)N1CC2CCC(C1)O2. The smallest absolute Gasteiger partial charge is 0.0707 e. The van der Waals surface area contributed by atoms with Gasteiger partial charge in [-0.2, -0.15) is 0 Å². The van der Waals surface area contributed by atoms with Crippen LogP contribution in [0.25, 0.3) is 0 Å². The molecule has 2 aliphatic heterocycles. The highest BCUT2D eigenvalue weighted by molar-refractivity contribution is 5.20. The van der Waals surface area contributed by atoms with Crippen LogP contribution in [-0.4, -0.2) is 42.8 Å². The zero-order valence-electron chi connectivity index (χ0n) is 13.3. The summed E-state index contributed by atoms with van der Waals surface area (Å²) < 4.78 is 5.98. The Balaban J connectivity index is 1.72. The van der Waals surface area contributed by atoms with Crippen molar-refractivity contribution in [3.8, 4) is 0 Å².